The Morgan fingerprint density at radius 3 is 2.50 bits per heavy atom. The molecule has 0 unspecified atom stereocenters. The first-order valence-electron chi connectivity index (χ1n) is 16.7. The Morgan fingerprint density at radius 1 is 1.09 bits per heavy atom. The lowest BCUT2D eigenvalue weighted by molar-refractivity contribution is -0.142. The highest BCUT2D eigenvalue weighted by Crippen LogP contribution is 2.48. The summed E-state index contributed by atoms with van der Waals surface area (Å²) >= 11 is 0. The number of ether oxygens (including phenoxy) is 2. The molecule has 2 amide bonds. The fraction of sp³-hybridized carbons (Fsp3) is 0.676. The maximum Gasteiger partial charge on any atom is 0.357 e. The van der Waals surface area contributed by atoms with Crippen LogP contribution in [0.25, 0.3) is 10.9 Å². The molecule has 3 saturated carbocycles. The van der Waals surface area contributed by atoms with Gasteiger partial charge in [-0.25, -0.2) is 9.18 Å². The van der Waals surface area contributed by atoms with E-state index in [2.05, 4.69) is 5.32 Å². The van der Waals surface area contributed by atoms with E-state index in [1.54, 1.807) is 7.11 Å². The van der Waals surface area contributed by atoms with Gasteiger partial charge in [0.05, 0.1) is 11.6 Å². The Kier molecular flexibility index (Phi) is 7.93. The Bertz CT molecular complexity index is 1420. The van der Waals surface area contributed by atoms with E-state index in [-0.39, 0.29) is 41.6 Å². The SMILES string of the molecule is COC1CCC([C@@H]2CCN(C(=O)C3CCC([C@H](N)CF)CC3)[C@@H]2C(=O)Nc2ccc3c(c2)cc2n3C3(CCC3)OC2=O)CC1. The molecule has 3 aliphatic carbocycles. The van der Waals surface area contributed by atoms with E-state index in [9.17, 15) is 18.8 Å². The Hall–Kier alpha value is -2.98. The number of fused-ring (bicyclic) bond motifs is 4. The Balaban J connectivity index is 1.11. The lowest BCUT2D eigenvalue weighted by Crippen LogP contribution is -2.50. The van der Waals surface area contributed by atoms with Gasteiger partial charge in [-0.3, -0.25) is 14.2 Å². The lowest BCUT2D eigenvalue weighted by Gasteiger charge is -2.38. The number of amides is 2. The minimum atomic E-state index is -0.561. The van der Waals surface area contributed by atoms with Crippen LogP contribution in [0.2, 0.25) is 0 Å². The van der Waals surface area contributed by atoms with Gasteiger partial charge in [0.15, 0.2) is 5.72 Å². The number of nitrogens with two attached hydrogens (primary N) is 1. The molecule has 5 aliphatic rings. The molecule has 3 N–H and O–H groups in total. The second kappa shape index (κ2) is 11.7. The van der Waals surface area contributed by atoms with Gasteiger partial charge in [0.2, 0.25) is 11.8 Å². The average Bonchev–Trinajstić information content (AvgIpc) is 3.72. The predicted molar refractivity (Wildman–Crippen MR) is 164 cm³/mol. The Labute approximate surface area is 258 Å². The molecule has 7 rings (SSSR count). The van der Waals surface area contributed by atoms with Gasteiger partial charge in [0.25, 0.3) is 0 Å². The largest absolute Gasteiger partial charge is 0.434 e. The number of alkyl halides is 1. The zero-order chi connectivity index (χ0) is 30.6. The molecule has 238 valence electrons. The third-order valence-corrected chi connectivity index (χ3v) is 11.7. The van der Waals surface area contributed by atoms with Crippen LogP contribution >= 0.6 is 0 Å². The zero-order valence-corrected chi connectivity index (χ0v) is 25.6. The van der Waals surface area contributed by atoms with Crippen molar-refractivity contribution in [1.82, 2.24) is 9.47 Å². The van der Waals surface area contributed by atoms with Gasteiger partial charge in [-0.1, -0.05) is 0 Å². The first-order valence-corrected chi connectivity index (χ1v) is 16.7. The first-order chi connectivity index (χ1) is 21.3. The van der Waals surface area contributed by atoms with Gasteiger partial charge in [0.1, 0.15) is 18.4 Å². The topological polar surface area (TPSA) is 116 Å². The molecule has 9 nitrogen and oxygen atoms in total. The summed E-state index contributed by atoms with van der Waals surface area (Å²) in [6.07, 6.45) is 10.5. The molecule has 0 radical (unpaired) electrons. The van der Waals surface area contributed by atoms with Crippen molar-refractivity contribution in [3.8, 4) is 0 Å². The normalized spacial score (nSPS) is 31.9. The van der Waals surface area contributed by atoms with E-state index in [4.69, 9.17) is 15.2 Å². The molecule has 1 aromatic heterocycles. The summed E-state index contributed by atoms with van der Waals surface area (Å²) in [7, 11) is 1.76. The average molecular weight is 609 g/mol. The number of rotatable bonds is 7. The van der Waals surface area contributed by atoms with Crippen LogP contribution < -0.4 is 11.1 Å². The number of methoxy groups -OCH3 is 1. The van der Waals surface area contributed by atoms with Gasteiger partial charge in [-0.15, -0.1) is 0 Å². The number of esters is 1. The number of nitrogens with one attached hydrogen (secondary N) is 1. The monoisotopic (exact) mass is 608 g/mol. The molecule has 2 aromatic rings. The van der Waals surface area contributed by atoms with E-state index in [0.29, 0.717) is 36.7 Å². The number of benzene rings is 1. The van der Waals surface area contributed by atoms with Crippen LogP contribution in [0.1, 0.15) is 87.5 Å². The molecule has 44 heavy (non-hydrogen) atoms. The van der Waals surface area contributed by atoms with Crippen LogP contribution in [0.5, 0.6) is 0 Å². The summed E-state index contributed by atoms with van der Waals surface area (Å²) in [4.78, 5) is 42.7. The predicted octanol–water partition coefficient (Wildman–Crippen LogP) is 5.11. The second-order valence-corrected chi connectivity index (χ2v) is 13.9. The highest BCUT2D eigenvalue weighted by Gasteiger charge is 2.51. The van der Waals surface area contributed by atoms with Crippen molar-refractivity contribution >= 4 is 34.4 Å². The lowest BCUT2D eigenvalue weighted by atomic mass is 9.75. The fourth-order valence-electron chi connectivity index (χ4n) is 8.97. The fourth-order valence-corrected chi connectivity index (χ4v) is 8.97. The van der Waals surface area contributed by atoms with E-state index >= 15 is 0 Å². The van der Waals surface area contributed by atoms with Crippen LogP contribution in [0.3, 0.4) is 0 Å². The van der Waals surface area contributed by atoms with Crippen LogP contribution in [-0.2, 0) is 24.8 Å². The van der Waals surface area contributed by atoms with Gasteiger partial charge in [-0.05, 0) is 106 Å². The summed E-state index contributed by atoms with van der Waals surface area (Å²) in [5.74, 6) is 0.00144. The molecule has 1 saturated heterocycles. The number of hydrogen-bond acceptors (Lipinski definition) is 6. The standard InChI is InChI=1S/C34H45FN4O5/c1-43-25-10-7-20(8-11-25)26-13-16-38(32(41)22-5-3-21(4-6-22)27(36)19-35)30(26)31(40)37-24-9-12-28-23(17-24)18-29-33(42)44-34(39(28)29)14-2-15-34/h9,12,17-18,20-22,25-27,30H,2-8,10-11,13-16,19,36H2,1H3,(H,37,40)/t20?,21?,22?,25?,26-,27+,30-/m0/s1. The van der Waals surface area contributed by atoms with Gasteiger partial charge >= 0.3 is 5.97 Å². The highest BCUT2D eigenvalue weighted by atomic mass is 19.1. The van der Waals surface area contributed by atoms with Crippen molar-refractivity contribution < 1.29 is 28.2 Å². The number of likely N-dealkylation sites (tertiary alicyclic amines) is 1. The van der Waals surface area contributed by atoms with Crippen molar-refractivity contribution in [3.63, 3.8) is 0 Å². The number of nitrogens with zero attached hydrogens (tertiary/aromatic N) is 2. The second-order valence-electron chi connectivity index (χ2n) is 13.9. The van der Waals surface area contributed by atoms with E-state index in [1.807, 2.05) is 33.7 Å². The number of hydrogen-bond donors (Lipinski definition) is 2. The van der Waals surface area contributed by atoms with Crippen molar-refractivity contribution in [2.45, 2.75) is 101 Å². The molecule has 4 fully saturated rings. The van der Waals surface area contributed by atoms with Crippen molar-refractivity contribution in [1.29, 1.82) is 0 Å². The molecule has 3 heterocycles. The Morgan fingerprint density at radius 2 is 1.84 bits per heavy atom. The number of aromatic nitrogens is 1. The summed E-state index contributed by atoms with van der Waals surface area (Å²) < 4.78 is 26.6. The quantitative estimate of drug-likeness (QED) is 0.422. The number of anilines is 1. The summed E-state index contributed by atoms with van der Waals surface area (Å²) in [6, 6.07) is 6.62. The minimum absolute atomic E-state index is 0.0501. The number of carbonyl (C=O) groups excluding carboxylic acids is 3. The van der Waals surface area contributed by atoms with Crippen molar-refractivity contribution in [2.24, 2.45) is 29.4 Å². The minimum Gasteiger partial charge on any atom is -0.434 e. The van der Waals surface area contributed by atoms with Gasteiger partial charge in [0, 0.05) is 49.5 Å². The number of carbonyl (C=O) groups is 3. The van der Waals surface area contributed by atoms with Crippen molar-refractivity contribution in [2.75, 3.05) is 25.6 Å². The molecular formula is C34H45FN4O5. The third kappa shape index (κ3) is 5.02. The molecule has 10 heteroatoms. The van der Waals surface area contributed by atoms with Crippen LogP contribution in [-0.4, -0.2) is 65.8 Å². The van der Waals surface area contributed by atoms with E-state index in [1.165, 1.54) is 0 Å². The van der Waals surface area contributed by atoms with Crippen LogP contribution in [0, 0.1) is 23.7 Å². The maximum absolute atomic E-state index is 14.2. The third-order valence-electron chi connectivity index (χ3n) is 11.7. The summed E-state index contributed by atoms with van der Waals surface area (Å²) in [5.41, 5.74) is 7.56. The van der Waals surface area contributed by atoms with Crippen LogP contribution in [0.4, 0.5) is 10.1 Å². The molecular weight excluding hydrogens is 563 g/mol. The van der Waals surface area contributed by atoms with Crippen molar-refractivity contribution in [3.05, 3.63) is 30.0 Å². The zero-order valence-electron chi connectivity index (χ0n) is 25.6. The highest BCUT2D eigenvalue weighted by molar-refractivity contribution is 6.02. The van der Waals surface area contributed by atoms with Gasteiger partial charge < -0.3 is 25.4 Å². The molecule has 0 bridgehead atoms. The summed E-state index contributed by atoms with van der Waals surface area (Å²) in [5, 5.41) is 4.05. The van der Waals surface area contributed by atoms with E-state index in [0.717, 1.165) is 75.1 Å². The van der Waals surface area contributed by atoms with Crippen LogP contribution in [0.15, 0.2) is 24.3 Å². The molecule has 1 aromatic carbocycles. The number of halogens is 1. The smallest absolute Gasteiger partial charge is 0.357 e. The molecule has 2 aliphatic heterocycles. The molecule has 1 spiro atoms. The first kappa shape index (κ1) is 29.7. The molecule has 3 atom stereocenters. The van der Waals surface area contributed by atoms with E-state index < -0.39 is 24.5 Å². The summed E-state index contributed by atoms with van der Waals surface area (Å²) in [6.45, 7) is 0.0403. The maximum atomic E-state index is 14.2. The van der Waals surface area contributed by atoms with Gasteiger partial charge in [-0.2, -0.15) is 0 Å².